The molecule has 0 bridgehead atoms. The molecule has 8 heteroatoms. The van der Waals surface area contributed by atoms with Crippen molar-refractivity contribution < 1.29 is 18.0 Å². The second-order valence-corrected chi connectivity index (χ2v) is 6.11. The van der Waals surface area contributed by atoms with Crippen LogP contribution in [0, 0.1) is 11.8 Å². The Labute approximate surface area is 133 Å². The summed E-state index contributed by atoms with van der Waals surface area (Å²) in [6.45, 7) is 0.0570. The van der Waals surface area contributed by atoms with Crippen LogP contribution in [0.25, 0.3) is 0 Å². The summed E-state index contributed by atoms with van der Waals surface area (Å²) in [4.78, 5) is 12.3. The van der Waals surface area contributed by atoms with Crippen LogP contribution in [0.1, 0.15) is 37.3 Å². The van der Waals surface area contributed by atoms with E-state index >= 15 is 0 Å². The van der Waals surface area contributed by atoms with Gasteiger partial charge in [0.2, 0.25) is 5.91 Å². The summed E-state index contributed by atoms with van der Waals surface area (Å²) in [7, 11) is 3.38. The van der Waals surface area contributed by atoms with Crippen LogP contribution in [0.2, 0.25) is 0 Å². The number of carbonyl (C=O) groups excluding carboxylic acids is 1. The Morgan fingerprint density at radius 2 is 2.13 bits per heavy atom. The average molecular weight is 332 g/mol. The van der Waals surface area contributed by atoms with Gasteiger partial charge in [-0.3, -0.25) is 9.48 Å². The van der Waals surface area contributed by atoms with Crippen molar-refractivity contribution in [1.29, 1.82) is 0 Å². The molecule has 130 valence electrons. The highest BCUT2D eigenvalue weighted by Gasteiger charge is 2.45. The van der Waals surface area contributed by atoms with Crippen molar-refractivity contribution in [3.8, 4) is 0 Å². The third-order valence-electron chi connectivity index (χ3n) is 4.48. The highest BCUT2D eigenvalue weighted by Crippen LogP contribution is 2.41. The van der Waals surface area contributed by atoms with Gasteiger partial charge in [-0.15, -0.1) is 0 Å². The number of carbonyl (C=O) groups is 1. The third-order valence-corrected chi connectivity index (χ3v) is 4.48. The molecule has 23 heavy (non-hydrogen) atoms. The maximum atomic E-state index is 13.1. The Morgan fingerprint density at radius 1 is 1.43 bits per heavy atom. The molecular weight excluding hydrogens is 309 g/mol. The Hall–Kier alpha value is -1.57. The van der Waals surface area contributed by atoms with Gasteiger partial charge in [0.1, 0.15) is 6.04 Å². The molecule has 1 aliphatic carbocycles. The van der Waals surface area contributed by atoms with Crippen LogP contribution in [-0.4, -0.2) is 35.5 Å². The number of rotatable bonds is 5. The number of halogens is 3. The lowest BCUT2D eigenvalue weighted by Gasteiger charge is -2.33. The normalized spacial score (nSPS) is 23.5. The molecule has 5 nitrogen and oxygen atoms in total. The Bertz CT molecular complexity index is 529. The molecule has 1 amide bonds. The lowest BCUT2D eigenvalue weighted by molar-refractivity contribution is -0.195. The molecule has 1 saturated carbocycles. The fraction of sp³-hybridized carbons (Fsp3) is 0.733. The van der Waals surface area contributed by atoms with Crippen LogP contribution in [0.5, 0.6) is 0 Å². The fourth-order valence-corrected chi connectivity index (χ4v) is 3.26. The van der Waals surface area contributed by atoms with Gasteiger partial charge < -0.3 is 10.6 Å². The SMILES string of the molecule is CNC(C(=O)NCC1CCCCC1C(F)(F)F)c1cnn(C)c1. The van der Waals surface area contributed by atoms with Crippen molar-refractivity contribution in [3.63, 3.8) is 0 Å². The van der Waals surface area contributed by atoms with E-state index in [1.165, 1.54) is 0 Å². The van der Waals surface area contributed by atoms with Gasteiger partial charge in [0.05, 0.1) is 12.1 Å². The lowest BCUT2D eigenvalue weighted by Crippen LogP contribution is -2.43. The van der Waals surface area contributed by atoms with Crippen molar-refractivity contribution in [2.45, 2.75) is 37.9 Å². The van der Waals surface area contributed by atoms with Crippen LogP contribution in [-0.2, 0) is 11.8 Å². The summed E-state index contributed by atoms with van der Waals surface area (Å²) in [5.41, 5.74) is 0.684. The maximum Gasteiger partial charge on any atom is 0.392 e. The number of aromatic nitrogens is 2. The first-order valence-electron chi connectivity index (χ1n) is 7.83. The predicted molar refractivity (Wildman–Crippen MR) is 79.5 cm³/mol. The van der Waals surface area contributed by atoms with Crippen LogP contribution in [0.3, 0.4) is 0 Å². The smallest absolute Gasteiger partial charge is 0.354 e. The molecule has 1 aliphatic rings. The predicted octanol–water partition coefficient (Wildman–Crippen LogP) is 2.17. The van der Waals surface area contributed by atoms with Gasteiger partial charge >= 0.3 is 6.18 Å². The highest BCUT2D eigenvalue weighted by atomic mass is 19.4. The average Bonchev–Trinajstić information content (AvgIpc) is 2.91. The molecular formula is C15H23F3N4O. The number of nitrogens with zero attached hydrogens (tertiary/aromatic N) is 2. The number of likely N-dealkylation sites (N-methyl/N-ethyl adjacent to an activating group) is 1. The molecule has 0 radical (unpaired) electrons. The number of hydrogen-bond donors (Lipinski definition) is 2. The van der Waals surface area contributed by atoms with Crippen LogP contribution < -0.4 is 10.6 Å². The van der Waals surface area contributed by atoms with Gasteiger partial charge in [-0.25, -0.2) is 0 Å². The van der Waals surface area contributed by atoms with E-state index in [9.17, 15) is 18.0 Å². The Kier molecular flexibility index (Phi) is 5.67. The lowest BCUT2D eigenvalue weighted by atomic mass is 9.78. The molecule has 3 unspecified atom stereocenters. The Balaban J connectivity index is 1.96. The van der Waals surface area contributed by atoms with Crippen molar-refractivity contribution in [2.75, 3.05) is 13.6 Å². The summed E-state index contributed by atoms with van der Waals surface area (Å²) < 4.78 is 40.8. The molecule has 0 spiro atoms. The van der Waals surface area contributed by atoms with Gasteiger partial charge in [0, 0.05) is 25.4 Å². The molecule has 1 fully saturated rings. The Morgan fingerprint density at radius 3 is 2.70 bits per heavy atom. The third kappa shape index (κ3) is 4.46. The maximum absolute atomic E-state index is 13.1. The van der Waals surface area contributed by atoms with E-state index in [4.69, 9.17) is 0 Å². The van der Waals surface area contributed by atoms with Gasteiger partial charge in [-0.2, -0.15) is 18.3 Å². The zero-order valence-corrected chi connectivity index (χ0v) is 13.4. The number of nitrogens with one attached hydrogen (secondary N) is 2. The minimum Gasteiger partial charge on any atom is -0.354 e. The molecule has 1 aromatic rings. The van der Waals surface area contributed by atoms with Gasteiger partial charge in [-0.1, -0.05) is 12.8 Å². The van der Waals surface area contributed by atoms with Crippen LogP contribution in [0.4, 0.5) is 13.2 Å². The zero-order chi connectivity index (χ0) is 17.0. The number of hydrogen-bond acceptors (Lipinski definition) is 3. The summed E-state index contributed by atoms with van der Waals surface area (Å²) in [5.74, 6) is -2.19. The van der Waals surface area contributed by atoms with Gasteiger partial charge in [0.25, 0.3) is 0 Å². The molecule has 3 atom stereocenters. The standard InChI is InChI=1S/C15H23F3N4O/c1-19-13(11-8-21-22(2)9-11)14(23)20-7-10-5-3-4-6-12(10)15(16,17)18/h8-10,12-13,19H,3-7H2,1-2H3,(H,20,23). The molecule has 0 saturated heterocycles. The van der Waals surface area contributed by atoms with E-state index in [-0.39, 0.29) is 18.9 Å². The van der Waals surface area contributed by atoms with E-state index < -0.39 is 24.1 Å². The number of alkyl halides is 3. The van der Waals surface area contributed by atoms with Crippen molar-refractivity contribution >= 4 is 5.91 Å². The van der Waals surface area contributed by atoms with E-state index in [0.29, 0.717) is 18.4 Å². The van der Waals surface area contributed by atoms with Gasteiger partial charge in [-0.05, 0) is 25.8 Å². The second-order valence-electron chi connectivity index (χ2n) is 6.11. The van der Waals surface area contributed by atoms with Crippen molar-refractivity contribution in [1.82, 2.24) is 20.4 Å². The quantitative estimate of drug-likeness (QED) is 0.869. The van der Waals surface area contributed by atoms with Crippen LogP contribution in [0.15, 0.2) is 12.4 Å². The molecule has 2 rings (SSSR count). The molecule has 2 N–H and O–H groups in total. The summed E-state index contributed by atoms with van der Waals surface area (Å²) in [6.07, 6.45) is 1.12. The summed E-state index contributed by atoms with van der Waals surface area (Å²) >= 11 is 0. The second kappa shape index (κ2) is 7.33. The van der Waals surface area contributed by atoms with E-state index in [2.05, 4.69) is 15.7 Å². The fourth-order valence-electron chi connectivity index (χ4n) is 3.26. The minimum absolute atomic E-state index is 0.0570. The van der Waals surface area contributed by atoms with Gasteiger partial charge in [0.15, 0.2) is 0 Å². The van der Waals surface area contributed by atoms with Crippen LogP contribution >= 0.6 is 0 Å². The number of amides is 1. The largest absolute Gasteiger partial charge is 0.392 e. The number of aryl methyl sites for hydroxylation is 1. The monoisotopic (exact) mass is 332 g/mol. The molecule has 1 aromatic heterocycles. The zero-order valence-electron chi connectivity index (χ0n) is 13.4. The summed E-state index contributed by atoms with van der Waals surface area (Å²) in [6, 6.07) is -0.614. The van der Waals surface area contributed by atoms with E-state index in [1.54, 1.807) is 31.2 Å². The minimum atomic E-state index is -4.19. The van der Waals surface area contributed by atoms with Crippen molar-refractivity contribution in [3.05, 3.63) is 18.0 Å². The topological polar surface area (TPSA) is 59.0 Å². The van der Waals surface area contributed by atoms with E-state index in [0.717, 1.165) is 6.42 Å². The molecule has 0 aromatic carbocycles. The highest BCUT2D eigenvalue weighted by molar-refractivity contribution is 5.83. The van der Waals surface area contributed by atoms with Crippen molar-refractivity contribution in [2.24, 2.45) is 18.9 Å². The first-order valence-corrected chi connectivity index (χ1v) is 7.83. The van der Waals surface area contributed by atoms with E-state index in [1.807, 2.05) is 0 Å². The first-order chi connectivity index (χ1) is 10.8. The summed E-state index contributed by atoms with van der Waals surface area (Å²) in [5, 5.41) is 9.56. The molecule has 1 heterocycles. The first kappa shape index (κ1) is 17.8. The molecule has 0 aliphatic heterocycles.